The number of ether oxygens (including phenoxy) is 1. The third kappa shape index (κ3) is 3.00. The molecule has 2 heterocycles. The van der Waals surface area contributed by atoms with Crippen LogP contribution in [0.5, 0.6) is 0 Å². The quantitative estimate of drug-likeness (QED) is 0.550. The van der Waals surface area contributed by atoms with Gasteiger partial charge in [0.2, 0.25) is 5.91 Å². The fraction of sp³-hybridized carbons (Fsp3) is 0.467. The van der Waals surface area contributed by atoms with Gasteiger partial charge in [-0.1, -0.05) is 12.1 Å². The molecule has 0 spiro atoms. The average Bonchev–Trinajstić information content (AvgIpc) is 2.88. The molecule has 0 aliphatic carbocycles. The van der Waals surface area contributed by atoms with E-state index < -0.39 is 36.3 Å². The molecule has 0 radical (unpaired) electrons. The van der Waals surface area contributed by atoms with Crippen LogP contribution in [0.4, 0.5) is 10.5 Å². The van der Waals surface area contributed by atoms with Crippen molar-refractivity contribution < 1.29 is 24.5 Å². The number of nitrogen functional groups attached to an aromatic ring is 1. The highest BCUT2D eigenvalue weighted by atomic mass is 16.5. The van der Waals surface area contributed by atoms with E-state index in [-0.39, 0.29) is 19.6 Å². The molecule has 0 aromatic heterocycles. The van der Waals surface area contributed by atoms with Crippen LogP contribution in [0, 0.1) is 0 Å². The fourth-order valence-corrected chi connectivity index (χ4v) is 2.98. The Hall–Kier alpha value is -2.16. The summed E-state index contributed by atoms with van der Waals surface area (Å²) in [6.07, 6.45) is -2.06. The topological polar surface area (TPSA) is 125 Å². The maximum absolute atomic E-state index is 12.1. The second-order valence-corrected chi connectivity index (χ2v) is 5.78. The molecule has 8 nitrogen and oxygen atoms in total. The van der Waals surface area contributed by atoms with Gasteiger partial charge in [-0.15, -0.1) is 0 Å². The Balaban J connectivity index is 1.80. The summed E-state index contributed by atoms with van der Waals surface area (Å²) in [5, 5.41) is 21.3. The second-order valence-electron chi connectivity index (χ2n) is 5.78. The highest BCUT2D eigenvalue weighted by Gasteiger charge is 2.43. The first-order valence-corrected chi connectivity index (χ1v) is 7.41. The first-order valence-electron chi connectivity index (χ1n) is 7.41. The van der Waals surface area contributed by atoms with Crippen LogP contribution in [-0.4, -0.2) is 58.6 Å². The lowest BCUT2D eigenvalue weighted by Gasteiger charge is -2.35. The van der Waals surface area contributed by atoms with Crippen LogP contribution in [0.15, 0.2) is 24.3 Å². The molecule has 2 saturated heterocycles. The van der Waals surface area contributed by atoms with Gasteiger partial charge in [-0.05, 0) is 17.7 Å². The Kier molecular flexibility index (Phi) is 4.20. The van der Waals surface area contributed by atoms with Crippen molar-refractivity contribution >= 4 is 17.6 Å². The number of hydrogen-bond donors (Lipinski definition) is 4. The number of amides is 3. The molecule has 2 fully saturated rings. The van der Waals surface area contributed by atoms with Crippen molar-refractivity contribution in [2.75, 3.05) is 18.9 Å². The molecule has 0 bridgehead atoms. The van der Waals surface area contributed by atoms with Crippen LogP contribution in [0.1, 0.15) is 17.9 Å². The molecule has 4 atom stereocenters. The molecule has 1 aromatic carbocycles. The molecule has 0 saturated carbocycles. The summed E-state index contributed by atoms with van der Waals surface area (Å²) >= 11 is 0. The third-order valence-corrected chi connectivity index (χ3v) is 4.23. The van der Waals surface area contributed by atoms with Crippen molar-refractivity contribution in [3.63, 3.8) is 0 Å². The second kappa shape index (κ2) is 6.15. The van der Waals surface area contributed by atoms with E-state index in [2.05, 4.69) is 5.32 Å². The van der Waals surface area contributed by atoms with Gasteiger partial charge < -0.3 is 20.7 Å². The first-order chi connectivity index (χ1) is 11.0. The number of carbonyl (C=O) groups excluding carboxylic acids is 2. The average molecular weight is 321 g/mol. The highest BCUT2D eigenvalue weighted by molar-refractivity contribution is 6.00. The van der Waals surface area contributed by atoms with Gasteiger partial charge in [-0.2, -0.15) is 0 Å². The lowest BCUT2D eigenvalue weighted by Crippen LogP contribution is -2.56. The van der Waals surface area contributed by atoms with Gasteiger partial charge in [0.05, 0.1) is 18.6 Å². The molecular formula is C15H19N3O5. The summed E-state index contributed by atoms with van der Waals surface area (Å²) in [6, 6.07) is 6.37. The van der Waals surface area contributed by atoms with E-state index in [4.69, 9.17) is 15.6 Å². The SMILES string of the molecule is Nc1cccc(C2CN([C@H]3C[C@H](O)[C@@H](CO)O3)C(=O)NC2=O)c1. The van der Waals surface area contributed by atoms with Gasteiger partial charge in [0, 0.05) is 18.7 Å². The molecule has 3 amide bonds. The molecule has 3 rings (SSSR count). The minimum absolute atomic E-state index is 0.129. The molecule has 2 aliphatic rings. The van der Waals surface area contributed by atoms with Crippen molar-refractivity contribution in [2.45, 2.75) is 30.8 Å². The summed E-state index contributed by atoms with van der Waals surface area (Å²) in [4.78, 5) is 25.6. The minimum atomic E-state index is -0.846. The van der Waals surface area contributed by atoms with E-state index in [0.717, 1.165) is 0 Å². The molecule has 8 heteroatoms. The Morgan fingerprint density at radius 3 is 2.83 bits per heavy atom. The van der Waals surface area contributed by atoms with Crippen LogP contribution in [0.2, 0.25) is 0 Å². The molecule has 1 unspecified atom stereocenters. The fourth-order valence-electron chi connectivity index (χ4n) is 2.98. The number of aliphatic hydroxyl groups is 2. The highest BCUT2D eigenvalue weighted by Crippen LogP contribution is 2.29. The van der Waals surface area contributed by atoms with Crippen molar-refractivity contribution in [1.29, 1.82) is 0 Å². The van der Waals surface area contributed by atoms with E-state index in [1.54, 1.807) is 24.3 Å². The maximum Gasteiger partial charge on any atom is 0.326 e. The number of rotatable bonds is 3. The summed E-state index contributed by atoms with van der Waals surface area (Å²) in [6.45, 7) is -0.200. The summed E-state index contributed by atoms with van der Waals surface area (Å²) < 4.78 is 5.51. The number of nitrogens with two attached hydrogens (primary N) is 1. The zero-order valence-corrected chi connectivity index (χ0v) is 12.4. The number of anilines is 1. The number of carbonyl (C=O) groups is 2. The number of imide groups is 1. The van der Waals surface area contributed by atoms with E-state index in [1.165, 1.54) is 4.90 Å². The van der Waals surface area contributed by atoms with Gasteiger partial charge >= 0.3 is 6.03 Å². The first kappa shape index (κ1) is 15.7. The summed E-state index contributed by atoms with van der Waals surface area (Å²) in [5.74, 6) is -0.959. The molecular weight excluding hydrogens is 302 g/mol. The summed E-state index contributed by atoms with van der Waals surface area (Å²) in [5.41, 5.74) is 6.99. The van der Waals surface area contributed by atoms with Crippen molar-refractivity contribution in [2.24, 2.45) is 0 Å². The van der Waals surface area contributed by atoms with Crippen molar-refractivity contribution in [3.8, 4) is 0 Å². The molecule has 23 heavy (non-hydrogen) atoms. The van der Waals surface area contributed by atoms with Crippen LogP contribution < -0.4 is 11.1 Å². The Labute approximate surface area is 132 Å². The Morgan fingerprint density at radius 1 is 1.39 bits per heavy atom. The van der Waals surface area contributed by atoms with Gasteiger partial charge in [0.15, 0.2) is 0 Å². The number of nitrogens with zero attached hydrogens (tertiary/aromatic N) is 1. The Morgan fingerprint density at radius 2 is 2.17 bits per heavy atom. The minimum Gasteiger partial charge on any atom is -0.399 e. The van der Waals surface area contributed by atoms with E-state index >= 15 is 0 Å². The molecule has 5 N–H and O–H groups in total. The predicted molar refractivity (Wildman–Crippen MR) is 80.2 cm³/mol. The van der Waals surface area contributed by atoms with E-state index in [0.29, 0.717) is 11.3 Å². The van der Waals surface area contributed by atoms with Crippen LogP contribution in [0.3, 0.4) is 0 Å². The van der Waals surface area contributed by atoms with Crippen LogP contribution in [-0.2, 0) is 9.53 Å². The van der Waals surface area contributed by atoms with Crippen molar-refractivity contribution in [1.82, 2.24) is 10.2 Å². The van der Waals surface area contributed by atoms with E-state index in [9.17, 15) is 14.7 Å². The number of aliphatic hydroxyl groups excluding tert-OH is 2. The molecule has 124 valence electrons. The smallest absolute Gasteiger partial charge is 0.326 e. The van der Waals surface area contributed by atoms with E-state index in [1.807, 2.05) is 0 Å². The van der Waals surface area contributed by atoms with Gasteiger partial charge in [-0.3, -0.25) is 15.0 Å². The number of nitrogens with one attached hydrogen (secondary N) is 1. The maximum atomic E-state index is 12.1. The third-order valence-electron chi connectivity index (χ3n) is 4.23. The largest absolute Gasteiger partial charge is 0.399 e. The molecule has 1 aromatic rings. The van der Waals surface area contributed by atoms with Gasteiger partial charge in [-0.25, -0.2) is 4.79 Å². The number of hydrogen-bond acceptors (Lipinski definition) is 6. The number of benzene rings is 1. The van der Waals surface area contributed by atoms with Crippen LogP contribution >= 0.6 is 0 Å². The lowest BCUT2D eigenvalue weighted by molar-refractivity contribution is -0.126. The molecule has 2 aliphatic heterocycles. The van der Waals surface area contributed by atoms with Gasteiger partial charge in [0.1, 0.15) is 12.3 Å². The Bertz CT molecular complexity index is 623. The normalized spacial score (nSPS) is 31.3. The van der Waals surface area contributed by atoms with Gasteiger partial charge in [0.25, 0.3) is 0 Å². The zero-order valence-electron chi connectivity index (χ0n) is 12.4. The standard InChI is InChI=1S/C15H19N3O5/c16-9-3-1-2-8(4-9)10-6-18(15(22)17-14(10)21)13-5-11(20)12(7-19)23-13/h1-4,10-13,19-20H,5-7,16H2,(H,17,21,22)/t10?,11-,12+,13+/m0/s1. The zero-order chi connectivity index (χ0) is 16.6. The summed E-state index contributed by atoms with van der Waals surface area (Å²) in [7, 11) is 0. The number of urea groups is 1. The predicted octanol–water partition coefficient (Wildman–Crippen LogP) is -0.628. The monoisotopic (exact) mass is 321 g/mol. The lowest BCUT2D eigenvalue weighted by atomic mass is 9.95. The van der Waals surface area contributed by atoms with Crippen LogP contribution in [0.25, 0.3) is 0 Å². The van der Waals surface area contributed by atoms with Crippen molar-refractivity contribution in [3.05, 3.63) is 29.8 Å².